The fourth-order valence-electron chi connectivity index (χ4n) is 0.727. The van der Waals surface area contributed by atoms with Crippen molar-refractivity contribution < 1.29 is 48.2 Å². The standard InChI is InChI=1S/C9H16O2.2W/c1-8(2)10-6-5-7-11-9(3)4;;/h8-9H,5H2,1-4H3;;. The summed E-state index contributed by atoms with van der Waals surface area (Å²) in [4.78, 5) is 0. The van der Waals surface area contributed by atoms with Crippen LogP contribution in [0, 0.1) is 0 Å². The molecule has 0 aliphatic carbocycles. The van der Waals surface area contributed by atoms with Crippen molar-refractivity contribution in [1.82, 2.24) is 0 Å². The van der Waals surface area contributed by atoms with E-state index in [1.807, 2.05) is 0 Å². The van der Waals surface area contributed by atoms with Crippen LogP contribution in [-0.2, 0) is 48.2 Å². The molecule has 2 nitrogen and oxygen atoms in total. The number of ether oxygens (including phenoxy) is 2. The number of rotatable bonds is 6. The SMILES string of the molecule is CC(C)O[C](=[W])C[C](=[W])OC(C)C. The van der Waals surface area contributed by atoms with Crippen molar-refractivity contribution in [3.05, 3.63) is 0 Å². The summed E-state index contributed by atoms with van der Waals surface area (Å²) in [6.07, 6.45) is 1.45. The summed E-state index contributed by atoms with van der Waals surface area (Å²) < 4.78 is 13.4. The molecule has 0 heterocycles. The minimum atomic E-state index is 0.286. The molecule has 0 unspecified atom stereocenters. The average molecular weight is 524 g/mol. The maximum atomic E-state index is 5.57. The monoisotopic (exact) mass is 524 g/mol. The van der Waals surface area contributed by atoms with E-state index in [1.165, 1.54) is 38.7 Å². The summed E-state index contributed by atoms with van der Waals surface area (Å²) in [6.45, 7) is 8.20. The van der Waals surface area contributed by atoms with Gasteiger partial charge in [0.05, 0.1) is 0 Å². The van der Waals surface area contributed by atoms with E-state index in [4.69, 9.17) is 9.47 Å². The zero-order valence-corrected chi connectivity index (χ0v) is 14.4. The molecule has 0 rings (SSSR count). The van der Waals surface area contributed by atoms with Gasteiger partial charge in [-0.2, -0.15) is 0 Å². The fourth-order valence-corrected chi connectivity index (χ4v) is 4.48. The van der Waals surface area contributed by atoms with Crippen molar-refractivity contribution in [2.24, 2.45) is 0 Å². The van der Waals surface area contributed by atoms with E-state index in [2.05, 4.69) is 27.7 Å². The van der Waals surface area contributed by atoms with Gasteiger partial charge < -0.3 is 0 Å². The first-order valence-corrected chi connectivity index (χ1v) is 7.24. The molecule has 0 saturated heterocycles. The normalized spacial score (nSPS) is 10.9. The van der Waals surface area contributed by atoms with Crippen LogP contribution in [-0.4, -0.2) is 20.4 Å². The topological polar surface area (TPSA) is 18.5 Å². The fraction of sp³-hybridized carbons (Fsp3) is 0.778. The van der Waals surface area contributed by atoms with Crippen LogP contribution in [0.1, 0.15) is 34.1 Å². The van der Waals surface area contributed by atoms with Gasteiger partial charge in [0, 0.05) is 0 Å². The summed E-state index contributed by atoms with van der Waals surface area (Å²) in [5.74, 6) is 0. The van der Waals surface area contributed by atoms with E-state index in [0.29, 0.717) is 0 Å². The van der Waals surface area contributed by atoms with Gasteiger partial charge in [0.1, 0.15) is 0 Å². The molecule has 0 radical (unpaired) electrons. The average Bonchev–Trinajstić information content (AvgIpc) is 1.80. The van der Waals surface area contributed by atoms with Gasteiger partial charge in [-0.05, 0) is 0 Å². The van der Waals surface area contributed by atoms with Crippen molar-refractivity contribution in [2.45, 2.75) is 46.3 Å². The van der Waals surface area contributed by atoms with Crippen LogP contribution in [0.25, 0.3) is 0 Å². The molecular weight excluding hydrogens is 508 g/mol. The van der Waals surface area contributed by atoms with Crippen molar-refractivity contribution in [3.8, 4) is 0 Å². The van der Waals surface area contributed by atoms with E-state index in [-0.39, 0.29) is 12.2 Å². The zero-order chi connectivity index (χ0) is 10.4. The molecule has 0 spiro atoms. The third-order valence-corrected chi connectivity index (χ3v) is 2.75. The Labute approximate surface area is 102 Å². The van der Waals surface area contributed by atoms with Gasteiger partial charge in [-0.15, -0.1) is 0 Å². The molecule has 0 amide bonds. The second kappa shape index (κ2) is 7.34. The first-order valence-electron chi connectivity index (χ1n) is 4.30. The molecule has 0 aliphatic heterocycles. The second-order valence-corrected chi connectivity index (χ2v) is 6.53. The summed E-state index contributed by atoms with van der Waals surface area (Å²) >= 11 is 2.80. The molecule has 0 aromatic carbocycles. The van der Waals surface area contributed by atoms with Gasteiger partial charge in [-0.3, -0.25) is 0 Å². The molecular formula is C9H16O2W2. The van der Waals surface area contributed by atoms with Crippen LogP contribution in [0.4, 0.5) is 0 Å². The number of hydrogen-bond donors (Lipinski definition) is 0. The zero-order valence-electron chi connectivity index (χ0n) is 8.49. The Kier molecular flexibility index (Phi) is 7.93. The predicted molar refractivity (Wildman–Crippen MR) is 47.1 cm³/mol. The van der Waals surface area contributed by atoms with Crippen LogP contribution >= 0.6 is 0 Å². The van der Waals surface area contributed by atoms with Crippen LogP contribution < -0.4 is 0 Å². The Morgan fingerprint density at radius 1 is 0.923 bits per heavy atom. The van der Waals surface area contributed by atoms with E-state index < -0.39 is 0 Å². The van der Waals surface area contributed by atoms with Crippen LogP contribution in [0.15, 0.2) is 0 Å². The van der Waals surface area contributed by atoms with Gasteiger partial charge in [0.15, 0.2) is 0 Å². The van der Waals surface area contributed by atoms with Gasteiger partial charge in [0.25, 0.3) is 0 Å². The van der Waals surface area contributed by atoms with Crippen molar-refractivity contribution in [2.75, 3.05) is 0 Å². The van der Waals surface area contributed by atoms with Crippen LogP contribution in [0.5, 0.6) is 0 Å². The van der Waals surface area contributed by atoms with Gasteiger partial charge >= 0.3 is 103 Å². The Morgan fingerprint density at radius 3 is 1.46 bits per heavy atom. The van der Waals surface area contributed by atoms with Crippen molar-refractivity contribution >= 4 is 8.17 Å². The Bertz CT molecular complexity index is 168. The van der Waals surface area contributed by atoms with Crippen LogP contribution in [0.2, 0.25) is 0 Å². The third kappa shape index (κ3) is 9.34. The van der Waals surface area contributed by atoms with E-state index in [0.717, 1.165) is 14.6 Å². The number of hydrogen-bond acceptors (Lipinski definition) is 2. The molecule has 0 aliphatic rings. The van der Waals surface area contributed by atoms with E-state index >= 15 is 0 Å². The van der Waals surface area contributed by atoms with E-state index in [9.17, 15) is 0 Å². The van der Waals surface area contributed by atoms with Crippen LogP contribution in [0.3, 0.4) is 0 Å². The molecule has 0 bridgehead atoms. The quantitative estimate of drug-likeness (QED) is 0.526. The molecule has 0 N–H and O–H groups in total. The Hall–Kier alpha value is 1.04. The second-order valence-electron chi connectivity index (χ2n) is 3.25. The molecule has 76 valence electrons. The summed E-state index contributed by atoms with van der Waals surface area (Å²) in [5.41, 5.74) is 0. The Morgan fingerprint density at radius 2 is 1.23 bits per heavy atom. The summed E-state index contributed by atoms with van der Waals surface area (Å²) in [7, 11) is 0. The molecule has 0 atom stereocenters. The summed E-state index contributed by atoms with van der Waals surface area (Å²) in [6, 6.07) is 0. The van der Waals surface area contributed by atoms with Gasteiger partial charge in [-0.1, -0.05) is 0 Å². The molecule has 13 heavy (non-hydrogen) atoms. The molecule has 0 saturated carbocycles. The van der Waals surface area contributed by atoms with Crippen molar-refractivity contribution in [1.29, 1.82) is 0 Å². The van der Waals surface area contributed by atoms with E-state index in [1.54, 1.807) is 0 Å². The minimum absolute atomic E-state index is 0.286. The third-order valence-electron chi connectivity index (χ3n) is 1.02. The molecule has 0 fully saturated rings. The first kappa shape index (κ1) is 14.0. The Balaban J connectivity index is 3.72. The molecule has 0 aromatic rings. The first-order chi connectivity index (χ1) is 5.91. The predicted octanol–water partition coefficient (Wildman–Crippen LogP) is 1.58. The summed E-state index contributed by atoms with van der Waals surface area (Å²) in [5, 5.41) is 0. The molecule has 0 aromatic heterocycles. The van der Waals surface area contributed by atoms with Gasteiger partial charge in [-0.25, -0.2) is 0 Å². The maximum absolute atomic E-state index is 5.57. The van der Waals surface area contributed by atoms with Crippen molar-refractivity contribution in [3.63, 3.8) is 0 Å². The van der Waals surface area contributed by atoms with Gasteiger partial charge in [0.2, 0.25) is 0 Å². The molecule has 4 heteroatoms.